The van der Waals surface area contributed by atoms with Crippen molar-refractivity contribution in [3.63, 3.8) is 0 Å². The van der Waals surface area contributed by atoms with Crippen molar-refractivity contribution in [2.45, 2.75) is 25.9 Å². The van der Waals surface area contributed by atoms with Gasteiger partial charge >= 0.3 is 6.03 Å². The second kappa shape index (κ2) is 11.4. The van der Waals surface area contributed by atoms with Gasteiger partial charge in [0.2, 0.25) is 11.9 Å². The second-order valence-electron chi connectivity index (χ2n) is 9.34. The Balaban J connectivity index is 1.36. The third-order valence-electron chi connectivity index (χ3n) is 6.53. The lowest BCUT2D eigenvalue weighted by molar-refractivity contribution is 0.0969. The van der Waals surface area contributed by atoms with Crippen LogP contribution in [0.1, 0.15) is 19.4 Å². The van der Waals surface area contributed by atoms with Crippen molar-refractivity contribution in [2.75, 3.05) is 60.0 Å². The Hall–Kier alpha value is -4.27. The molecule has 0 aliphatic carbocycles. The van der Waals surface area contributed by atoms with Gasteiger partial charge in [0.1, 0.15) is 0 Å². The van der Waals surface area contributed by atoms with Gasteiger partial charge in [-0.3, -0.25) is 0 Å². The molecular weight excluding hydrogens is 484 g/mol. The first kappa shape index (κ1) is 25.4. The number of amides is 2. The van der Waals surface area contributed by atoms with Gasteiger partial charge in [0.15, 0.2) is 5.82 Å². The van der Waals surface area contributed by atoms with Crippen molar-refractivity contribution in [1.82, 2.24) is 15.0 Å². The summed E-state index contributed by atoms with van der Waals surface area (Å²) in [6, 6.07) is 16.0. The van der Waals surface area contributed by atoms with Crippen molar-refractivity contribution in [3.8, 4) is 17.5 Å². The summed E-state index contributed by atoms with van der Waals surface area (Å²) >= 11 is 0. The zero-order chi connectivity index (χ0) is 26.5. The van der Waals surface area contributed by atoms with Crippen molar-refractivity contribution >= 4 is 29.3 Å². The Kier molecular flexibility index (Phi) is 7.62. The summed E-state index contributed by atoms with van der Waals surface area (Å²) in [6.45, 7) is 8.11. The van der Waals surface area contributed by atoms with Gasteiger partial charge in [-0.05, 0) is 62.4 Å². The number of urea groups is 1. The summed E-state index contributed by atoms with van der Waals surface area (Å²) in [4.78, 5) is 31.3. The molecule has 0 saturated carbocycles. The molecule has 3 heterocycles. The number of nitrogens with one attached hydrogen (secondary N) is 2. The second-order valence-corrected chi connectivity index (χ2v) is 9.34. The first-order chi connectivity index (χ1) is 18.5. The molecule has 2 atom stereocenters. The predicted molar refractivity (Wildman–Crippen MR) is 144 cm³/mol. The van der Waals surface area contributed by atoms with Crippen LogP contribution in [0.15, 0.2) is 48.5 Å². The number of nitriles is 1. The van der Waals surface area contributed by atoms with Gasteiger partial charge in [0.05, 0.1) is 50.1 Å². The van der Waals surface area contributed by atoms with Gasteiger partial charge in [-0.1, -0.05) is 0 Å². The van der Waals surface area contributed by atoms with E-state index in [0.717, 1.165) is 5.56 Å². The van der Waals surface area contributed by atoms with Crippen LogP contribution < -0.4 is 20.4 Å². The predicted octanol–water partition coefficient (Wildman–Crippen LogP) is 3.50. The van der Waals surface area contributed by atoms with Crippen molar-refractivity contribution in [2.24, 2.45) is 0 Å². The van der Waals surface area contributed by atoms with E-state index in [1.54, 1.807) is 24.3 Å². The number of nitrogens with zero attached hydrogens (tertiary/aromatic N) is 6. The van der Waals surface area contributed by atoms with Crippen molar-refractivity contribution < 1.29 is 14.3 Å². The van der Waals surface area contributed by atoms with E-state index in [1.807, 2.05) is 24.3 Å². The highest BCUT2D eigenvalue weighted by Crippen LogP contribution is 2.26. The maximum absolute atomic E-state index is 12.4. The first-order valence-corrected chi connectivity index (χ1v) is 12.6. The molecule has 38 heavy (non-hydrogen) atoms. The quantitative estimate of drug-likeness (QED) is 0.525. The van der Waals surface area contributed by atoms with E-state index in [-0.39, 0.29) is 18.1 Å². The van der Waals surface area contributed by atoms with E-state index < -0.39 is 0 Å². The Morgan fingerprint density at radius 2 is 1.34 bits per heavy atom. The molecule has 2 saturated heterocycles. The number of carbonyl (C=O) groups is 1. The molecule has 11 heteroatoms. The molecule has 0 spiro atoms. The summed E-state index contributed by atoms with van der Waals surface area (Å²) in [5.74, 6) is 1.82. The number of hydrogen-bond acceptors (Lipinski definition) is 9. The zero-order valence-corrected chi connectivity index (χ0v) is 21.4. The summed E-state index contributed by atoms with van der Waals surface area (Å²) in [5.41, 5.74) is 2.56. The lowest BCUT2D eigenvalue weighted by Crippen LogP contribution is -2.46. The SMILES string of the molecule is C[C@@H]1COCCN1c1nc(-c2ccc(NC(=O)Nc3ccc(C#N)cc3)cc2)nc(N2CCOC[C@H]2C)n1. The van der Waals surface area contributed by atoms with Crippen LogP contribution in [0.4, 0.5) is 28.1 Å². The van der Waals surface area contributed by atoms with Crippen molar-refractivity contribution in [3.05, 3.63) is 54.1 Å². The van der Waals surface area contributed by atoms with Gasteiger partial charge in [0, 0.05) is 30.0 Å². The van der Waals surface area contributed by atoms with E-state index in [9.17, 15) is 4.79 Å². The number of anilines is 4. The molecular formula is C27H30N8O3. The molecule has 11 nitrogen and oxygen atoms in total. The van der Waals surface area contributed by atoms with E-state index >= 15 is 0 Å². The largest absolute Gasteiger partial charge is 0.377 e. The Labute approximate surface area is 221 Å². The molecule has 2 aromatic carbocycles. The van der Waals surface area contributed by atoms with Gasteiger partial charge in [-0.15, -0.1) is 0 Å². The average Bonchev–Trinajstić information content (AvgIpc) is 2.94. The average molecular weight is 515 g/mol. The molecule has 0 bridgehead atoms. The number of rotatable bonds is 5. The molecule has 2 aliphatic heterocycles. The summed E-state index contributed by atoms with van der Waals surface area (Å²) < 4.78 is 11.2. The van der Waals surface area contributed by atoms with E-state index in [4.69, 9.17) is 29.7 Å². The number of benzene rings is 2. The minimum absolute atomic E-state index is 0.148. The smallest absolute Gasteiger partial charge is 0.323 e. The number of aromatic nitrogens is 3. The number of hydrogen-bond donors (Lipinski definition) is 2. The van der Waals surface area contributed by atoms with Gasteiger partial charge in [0.25, 0.3) is 0 Å². The van der Waals surface area contributed by atoms with Crippen LogP contribution >= 0.6 is 0 Å². The molecule has 5 rings (SSSR count). The molecule has 0 radical (unpaired) electrons. The molecule has 0 unspecified atom stereocenters. The third-order valence-corrected chi connectivity index (χ3v) is 6.53. The highest BCUT2D eigenvalue weighted by Gasteiger charge is 2.27. The van der Waals surface area contributed by atoms with Gasteiger partial charge < -0.3 is 29.9 Å². The van der Waals surface area contributed by atoms with Gasteiger partial charge in [-0.2, -0.15) is 20.2 Å². The normalized spacial score (nSPS) is 19.5. The Morgan fingerprint density at radius 3 is 1.82 bits per heavy atom. The monoisotopic (exact) mass is 514 g/mol. The van der Waals surface area contributed by atoms with Crippen LogP contribution in [-0.4, -0.2) is 72.6 Å². The minimum atomic E-state index is -0.380. The fourth-order valence-electron chi connectivity index (χ4n) is 4.41. The molecule has 2 fully saturated rings. The molecule has 2 amide bonds. The maximum atomic E-state index is 12.4. The number of carbonyl (C=O) groups excluding carboxylic acids is 1. The van der Waals surface area contributed by atoms with Crippen LogP contribution in [0.5, 0.6) is 0 Å². The fraction of sp³-hybridized carbons (Fsp3) is 0.370. The zero-order valence-electron chi connectivity index (χ0n) is 21.4. The lowest BCUT2D eigenvalue weighted by atomic mass is 10.2. The first-order valence-electron chi connectivity index (χ1n) is 12.6. The third kappa shape index (κ3) is 5.82. The number of ether oxygens (including phenoxy) is 2. The molecule has 3 aromatic rings. The number of morpholine rings is 2. The standard InChI is InChI=1S/C27H30N8O3/c1-18-16-37-13-11-34(18)25-31-24(32-26(33-25)35-12-14-38-17-19(35)2)21-5-9-23(10-6-21)30-27(36)29-22-7-3-20(15-28)4-8-22/h3-10,18-19H,11-14,16-17H2,1-2H3,(H2,29,30,36)/t18-,19-/m1/s1. The van der Waals surface area contributed by atoms with Crippen molar-refractivity contribution in [1.29, 1.82) is 5.26 Å². The van der Waals surface area contributed by atoms with E-state index in [0.29, 0.717) is 74.2 Å². The molecule has 2 N–H and O–H groups in total. The van der Waals surface area contributed by atoms with Crippen LogP contribution in [0, 0.1) is 11.3 Å². The topological polar surface area (TPSA) is 129 Å². The highest BCUT2D eigenvalue weighted by molar-refractivity contribution is 5.99. The summed E-state index contributed by atoms with van der Waals surface area (Å²) in [6.07, 6.45) is 0. The fourth-order valence-corrected chi connectivity index (χ4v) is 4.41. The Bertz CT molecular complexity index is 1270. The lowest BCUT2D eigenvalue weighted by Gasteiger charge is -2.36. The van der Waals surface area contributed by atoms with Crippen LogP contribution in [0.3, 0.4) is 0 Å². The highest BCUT2D eigenvalue weighted by atomic mass is 16.5. The van der Waals surface area contributed by atoms with Gasteiger partial charge in [-0.25, -0.2) is 4.79 Å². The molecule has 196 valence electrons. The van der Waals surface area contributed by atoms with E-state index in [2.05, 4.69) is 40.4 Å². The molecule has 2 aliphatic rings. The maximum Gasteiger partial charge on any atom is 0.323 e. The molecule has 1 aromatic heterocycles. The Morgan fingerprint density at radius 1 is 0.842 bits per heavy atom. The van der Waals surface area contributed by atoms with Crippen LogP contribution in [-0.2, 0) is 9.47 Å². The summed E-state index contributed by atoms with van der Waals surface area (Å²) in [5, 5.41) is 14.5. The minimum Gasteiger partial charge on any atom is -0.377 e. The van der Waals surface area contributed by atoms with Crippen LogP contribution in [0.25, 0.3) is 11.4 Å². The van der Waals surface area contributed by atoms with E-state index in [1.165, 1.54) is 0 Å². The summed E-state index contributed by atoms with van der Waals surface area (Å²) in [7, 11) is 0. The van der Waals surface area contributed by atoms with Crippen LogP contribution in [0.2, 0.25) is 0 Å².